The minimum atomic E-state index is -0.151. The fourth-order valence-corrected chi connectivity index (χ4v) is 3.37. The van der Waals surface area contributed by atoms with Crippen molar-refractivity contribution in [2.24, 2.45) is 11.5 Å². The number of pyridine rings is 2. The Balaban J connectivity index is 1.91. The largest absolute Gasteiger partial charge is 0.373 e. The van der Waals surface area contributed by atoms with Crippen molar-refractivity contribution in [1.82, 2.24) is 14.9 Å². The van der Waals surface area contributed by atoms with Crippen molar-refractivity contribution in [3.05, 3.63) is 54.4 Å². The third kappa shape index (κ3) is 5.29. The summed E-state index contributed by atoms with van der Waals surface area (Å²) in [5.74, 6) is 0. The molecule has 0 aliphatic heterocycles. The number of nitrogens with two attached hydrogens (primary N) is 2. The van der Waals surface area contributed by atoms with Crippen molar-refractivity contribution in [1.29, 1.82) is 0 Å². The van der Waals surface area contributed by atoms with Crippen LogP contribution in [0.2, 0.25) is 0 Å². The Bertz CT molecular complexity index is 922. The van der Waals surface area contributed by atoms with E-state index in [1.54, 1.807) is 0 Å². The molecule has 0 saturated carbocycles. The monoisotopic (exact) mass is 392 g/mol. The van der Waals surface area contributed by atoms with Crippen molar-refractivity contribution < 1.29 is 0 Å². The zero-order valence-electron chi connectivity index (χ0n) is 17.7. The van der Waals surface area contributed by atoms with Crippen molar-refractivity contribution in [3.63, 3.8) is 0 Å². The Morgan fingerprint density at radius 3 is 2.48 bits per heavy atom. The number of benzene rings is 1. The number of rotatable bonds is 9. The van der Waals surface area contributed by atoms with Crippen LogP contribution in [-0.4, -0.2) is 55.6 Å². The molecular weight excluding hydrogens is 360 g/mol. The van der Waals surface area contributed by atoms with Crippen molar-refractivity contribution in [3.8, 4) is 11.3 Å². The maximum Gasteiger partial charge on any atom is 0.0742 e. The molecule has 0 spiro atoms. The molecule has 6 nitrogen and oxygen atoms in total. The number of hydrogen-bond donors (Lipinski definition) is 2. The van der Waals surface area contributed by atoms with Gasteiger partial charge in [-0.3, -0.25) is 9.97 Å². The molecular formula is C23H32N6. The van der Waals surface area contributed by atoms with Crippen LogP contribution in [0.15, 0.2) is 48.7 Å². The molecule has 29 heavy (non-hydrogen) atoms. The van der Waals surface area contributed by atoms with Crippen LogP contribution in [0.1, 0.15) is 24.6 Å². The molecule has 1 aromatic carbocycles. The first kappa shape index (κ1) is 21.2. The molecule has 2 aromatic heterocycles. The third-order valence-corrected chi connectivity index (χ3v) is 5.19. The fourth-order valence-electron chi connectivity index (χ4n) is 3.37. The van der Waals surface area contributed by atoms with Crippen LogP contribution in [0.5, 0.6) is 0 Å². The van der Waals surface area contributed by atoms with E-state index in [1.807, 2.05) is 24.4 Å². The van der Waals surface area contributed by atoms with Gasteiger partial charge in [0.2, 0.25) is 0 Å². The van der Waals surface area contributed by atoms with Crippen LogP contribution in [-0.2, 0) is 0 Å². The number of fused-ring (bicyclic) bond motifs is 1. The van der Waals surface area contributed by atoms with Gasteiger partial charge in [0.25, 0.3) is 0 Å². The van der Waals surface area contributed by atoms with Crippen LogP contribution >= 0.6 is 0 Å². The second-order valence-electron chi connectivity index (χ2n) is 7.77. The van der Waals surface area contributed by atoms with Gasteiger partial charge in [0.1, 0.15) is 0 Å². The van der Waals surface area contributed by atoms with E-state index in [0.29, 0.717) is 6.54 Å². The van der Waals surface area contributed by atoms with Gasteiger partial charge in [-0.25, -0.2) is 0 Å². The summed E-state index contributed by atoms with van der Waals surface area (Å²) < 4.78 is 0. The molecule has 2 heterocycles. The van der Waals surface area contributed by atoms with Crippen LogP contribution < -0.4 is 16.4 Å². The number of nitrogens with zero attached hydrogens (tertiary/aromatic N) is 4. The lowest BCUT2D eigenvalue weighted by molar-refractivity contribution is 0.416. The second kappa shape index (κ2) is 9.78. The van der Waals surface area contributed by atoms with Gasteiger partial charge >= 0.3 is 0 Å². The quantitative estimate of drug-likeness (QED) is 0.582. The molecule has 0 saturated heterocycles. The molecule has 0 fully saturated rings. The average molecular weight is 393 g/mol. The zero-order valence-corrected chi connectivity index (χ0v) is 17.7. The number of aromatic nitrogens is 2. The van der Waals surface area contributed by atoms with Crippen molar-refractivity contribution in [2.75, 3.05) is 45.7 Å². The zero-order chi connectivity index (χ0) is 20.8. The molecule has 3 rings (SSSR count). The van der Waals surface area contributed by atoms with E-state index in [9.17, 15) is 0 Å². The lowest BCUT2D eigenvalue weighted by Gasteiger charge is -2.22. The highest BCUT2D eigenvalue weighted by molar-refractivity contribution is 5.85. The molecule has 0 aliphatic rings. The van der Waals surface area contributed by atoms with Gasteiger partial charge in [-0.15, -0.1) is 0 Å². The highest BCUT2D eigenvalue weighted by Crippen LogP contribution is 2.29. The molecule has 0 amide bonds. The van der Waals surface area contributed by atoms with Gasteiger partial charge < -0.3 is 21.3 Å². The predicted molar refractivity (Wildman–Crippen MR) is 122 cm³/mol. The fraction of sp³-hybridized carbons (Fsp3) is 0.391. The Labute approximate surface area is 173 Å². The Morgan fingerprint density at radius 1 is 1.03 bits per heavy atom. The maximum absolute atomic E-state index is 6.46. The highest BCUT2D eigenvalue weighted by atomic mass is 15.1. The highest BCUT2D eigenvalue weighted by Gasteiger charge is 2.15. The van der Waals surface area contributed by atoms with E-state index in [2.05, 4.69) is 60.2 Å². The van der Waals surface area contributed by atoms with Gasteiger partial charge in [-0.05, 0) is 63.8 Å². The molecule has 0 radical (unpaired) electrons. The van der Waals surface area contributed by atoms with Gasteiger partial charge in [-0.1, -0.05) is 12.1 Å². The molecule has 0 bridgehead atoms. The lowest BCUT2D eigenvalue weighted by atomic mass is 10.0. The number of anilines is 1. The summed E-state index contributed by atoms with van der Waals surface area (Å²) in [6, 6.07) is 14.4. The standard InChI is InChI=1S/C23H32N6/c1-28(2)14-15-29(3)18-10-8-17(9-11-18)21-16-22-19(6-5-13-26-22)23(27-21)20(25)7-4-12-24/h5-6,8-11,13,16,20H,4,7,12,14-15,24-25H2,1-3H3. The first-order valence-electron chi connectivity index (χ1n) is 10.2. The molecule has 6 heteroatoms. The summed E-state index contributed by atoms with van der Waals surface area (Å²) in [6.07, 6.45) is 3.50. The average Bonchev–Trinajstić information content (AvgIpc) is 2.75. The Kier molecular flexibility index (Phi) is 7.14. The summed E-state index contributed by atoms with van der Waals surface area (Å²) >= 11 is 0. The topological polar surface area (TPSA) is 84.3 Å². The van der Waals surface area contributed by atoms with Gasteiger partial charge in [0.15, 0.2) is 0 Å². The molecule has 4 N–H and O–H groups in total. The minimum Gasteiger partial charge on any atom is -0.373 e. The molecule has 154 valence electrons. The minimum absolute atomic E-state index is 0.151. The van der Waals surface area contributed by atoms with E-state index in [4.69, 9.17) is 16.5 Å². The maximum atomic E-state index is 6.46. The second-order valence-corrected chi connectivity index (χ2v) is 7.77. The molecule has 3 aromatic rings. The summed E-state index contributed by atoms with van der Waals surface area (Å²) in [5, 5.41) is 1.01. The molecule has 1 atom stereocenters. The van der Waals surface area contributed by atoms with E-state index < -0.39 is 0 Å². The number of likely N-dealkylation sites (N-methyl/N-ethyl adjacent to an activating group) is 2. The number of hydrogen-bond acceptors (Lipinski definition) is 6. The van der Waals surface area contributed by atoms with Gasteiger partial charge in [0.05, 0.1) is 16.9 Å². The lowest BCUT2D eigenvalue weighted by Crippen LogP contribution is -2.28. The molecule has 0 aliphatic carbocycles. The Hall–Kier alpha value is -2.54. The first-order chi connectivity index (χ1) is 14.0. The molecule has 1 unspecified atom stereocenters. The summed E-state index contributed by atoms with van der Waals surface area (Å²) in [7, 11) is 6.30. The summed E-state index contributed by atoms with van der Waals surface area (Å²) in [6.45, 7) is 2.62. The third-order valence-electron chi connectivity index (χ3n) is 5.19. The van der Waals surface area contributed by atoms with Crippen LogP contribution in [0, 0.1) is 0 Å². The van der Waals surface area contributed by atoms with Crippen LogP contribution in [0.3, 0.4) is 0 Å². The summed E-state index contributed by atoms with van der Waals surface area (Å²) in [4.78, 5) is 13.9. The van der Waals surface area contributed by atoms with Gasteiger partial charge in [0, 0.05) is 49.0 Å². The van der Waals surface area contributed by atoms with E-state index in [-0.39, 0.29) is 6.04 Å². The van der Waals surface area contributed by atoms with Crippen LogP contribution in [0.25, 0.3) is 22.2 Å². The Morgan fingerprint density at radius 2 is 1.79 bits per heavy atom. The van der Waals surface area contributed by atoms with Crippen molar-refractivity contribution >= 4 is 16.6 Å². The van der Waals surface area contributed by atoms with E-state index in [1.165, 1.54) is 5.69 Å². The normalized spacial score (nSPS) is 12.5. The first-order valence-corrected chi connectivity index (χ1v) is 10.2. The summed E-state index contributed by atoms with van der Waals surface area (Å²) in [5.41, 5.74) is 17.1. The smallest absolute Gasteiger partial charge is 0.0742 e. The SMILES string of the molecule is CN(C)CCN(C)c1ccc(-c2cc3ncccc3c(C(N)CCCN)n2)cc1. The van der Waals surface area contributed by atoms with Crippen molar-refractivity contribution in [2.45, 2.75) is 18.9 Å². The van der Waals surface area contributed by atoms with Gasteiger partial charge in [-0.2, -0.15) is 0 Å². The van der Waals surface area contributed by atoms with Crippen LogP contribution in [0.4, 0.5) is 5.69 Å². The van der Waals surface area contributed by atoms with E-state index >= 15 is 0 Å². The predicted octanol–water partition coefficient (Wildman–Crippen LogP) is 3.03. The van der Waals surface area contributed by atoms with E-state index in [0.717, 1.165) is 53.8 Å².